The van der Waals surface area contributed by atoms with E-state index >= 15 is 0 Å². The molecule has 0 spiro atoms. The summed E-state index contributed by atoms with van der Waals surface area (Å²) in [5.74, 6) is 0.786. The van der Waals surface area contributed by atoms with Gasteiger partial charge in [0.1, 0.15) is 5.75 Å². The SMILES string of the molecule is CCN(NCc1ccc(OC)cc1)C(=O)O. The maximum Gasteiger partial charge on any atom is 0.421 e. The van der Waals surface area contributed by atoms with Crippen molar-refractivity contribution < 1.29 is 14.6 Å². The first kappa shape index (κ1) is 12.3. The van der Waals surface area contributed by atoms with E-state index in [2.05, 4.69) is 5.43 Å². The van der Waals surface area contributed by atoms with Crippen LogP contribution in [0.5, 0.6) is 5.75 Å². The Morgan fingerprint density at radius 1 is 1.44 bits per heavy atom. The van der Waals surface area contributed by atoms with Crippen LogP contribution in [0.1, 0.15) is 12.5 Å². The molecule has 0 aromatic heterocycles. The lowest BCUT2D eigenvalue weighted by molar-refractivity contribution is 0.122. The molecule has 88 valence electrons. The quantitative estimate of drug-likeness (QED) is 0.747. The van der Waals surface area contributed by atoms with Gasteiger partial charge in [-0.2, -0.15) is 0 Å². The van der Waals surface area contributed by atoms with Crippen LogP contribution in [0.4, 0.5) is 4.79 Å². The summed E-state index contributed by atoms with van der Waals surface area (Å²) in [6.07, 6.45) is -0.976. The van der Waals surface area contributed by atoms with Gasteiger partial charge in [0.25, 0.3) is 0 Å². The number of hydrogen-bond acceptors (Lipinski definition) is 3. The van der Waals surface area contributed by atoms with Gasteiger partial charge in [0, 0.05) is 13.1 Å². The van der Waals surface area contributed by atoms with Crippen molar-refractivity contribution in [2.45, 2.75) is 13.5 Å². The van der Waals surface area contributed by atoms with Gasteiger partial charge in [-0.1, -0.05) is 12.1 Å². The van der Waals surface area contributed by atoms with Crippen molar-refractivity contribution in [3.63, 3.8) is 0 Å². The van der Waals surface area contributed by atoms with E-state index in [4.69, 9.17) is 9.84 Å². The van der Waals surface area contributed by atoms with Crippen LogP contribution in [0.2, 0.25) is 0 Å². The number of rotatable bonds is 5. The Morgan fingerprint density at radius 3 is 2.50 bits per heavy atom. The highest BCUT2D eigenvalue weighted by molar-refractivity contribution is 5.64. The van der Waals surface area contributed by atoms with E-state index in [9.17, 15) is 4.79 Å². The van der Waals surface area contributed by atoms with E-state index in [0.29, 0.717) is 13.1 Å². The second-order valence-corrected chi connectivity index (χ2v) is 3.21. The molecule has 0 saturated heterocycles. The number of nitrogens with zero attached hydrogens (tertiary/aromatic N) is 1. The van der Waals surface area contributed by atoms with Crippen LogP contribution in [0.15, 0.2) is 24.3 Å². The Morgan fingerprint density at radius 2 is 2.06 bits per heavy atom. The molecule has 16 heavy (non-hydrogen) atoms. The number of methoxy groups -OCH3 is 1. The topological polar surface area (TPSA) is 61.8 Å². The highest BCUT2D eigenvalue weighted by Crippen LogP contribution is 2.10. The Labute approximate surface area is 94.6 Å². The summed E-state index contributed by atoms with van der Waals surface area (Å²) in [6.45, 7) is 2.66. The lowest BCUT2D eigenvalue weighted by Crippen LogP contribution is -2.41. The van der Waals surface area contributed by atoms with Crippen LogP contribution in [0.25, 0.3) is 0 Å². The van der Waals surface area contributed by atoms with Gasteiger partial charge in [0.15, 0.2) is 0 Å². The van der Waals surface area contributed by atoms with Crippen molar-refractivity contribution in [2.75, 3.05) is 13.7 Å². The molecular formula is C11H16N2O3. The molecule has 0 heterocycles. The van der Waals surface area contributed by atoms with Gasteiger partial charge >= 0.3 is 6.09 Å². The zero-order valence-corrected chi connectivity index (χ0v) is 9.43. The summed E-state index contributed by atoms with van der Waals surface area (Å²) in [6, 6.07) is 7.46. The third-order valence-corrected chi connectivity index (χ3v) is 2.18. The van der Waals surface area contributed by atoms with Crippen molar-refractivity contribution in [3.05, 3.63) is 29.8 Å². The Hall–Kier alpha value is -1.75. The second-order valence-electron chi connectivity index (χ2n) is 3.21. The molecule has 0 aliphatic heterocycles. The molecule has 5 nitrogen and oxygen atoms in total. The molecular weight excluding hydrogens is 208 g/mol. The van der Waals surface area contributed by atoms with Gasteiger partial charge in [-0.25, -0.2) is 15.2 Å². The van der Waals surface area contributed by atoms with Gasteiger partial charge in [-0.05, 0) is 24.6 Å². The zero-order chi connectivity index (χ0) is 12.0. The predicted molar refractivity (Wildman–Crippen MR) is 60.2 cm³/mol. The zero-order valence-electron chi connectivity index (χ0n) is 9.43. The standard InChI is InChI=1S/C11H16N2O3/c1-3-13(11(14)15)12-8-9-4-6-10(16-2)7-5-9/h4-7,12H,3,8H2,1-2H3,(H,14,15). The molecule has 1 aromatic rings. The van der Waals surface area contributed by atoms with E-state index in [1.54, 1.807) is 14.0 Å². The molecule has 1 amide bonds. The third-order valence-electron chi connectivity index (χ3n) is 2.18. The minimum absolute atomic E-state index is 0.408. The van der Waals surface area contributed by atoms with Gasteiger partial charge in [-0.15, -0.1) is 0 Å². The van der Waals surface area contributed by atoms with Crippen molar-refractivity contribution >= 4 is 6.09 Å². The van der Waals surface area contributed by atoms with Crippen LogP contribution in [0, 0.1) is 0 Å². The van der Waals surface area contributed by atoms with Crippen molar-refractivity contribution in [1.82, 2.24) is 10.4 Å². The van der Waals surface area contributed by atoms with E-state index in [0.717, 1.165) is 16.3 Å². The van der Waals surface area contributed by atoms with E-state index in [1.807, 2.05) is 24.3 Å². The maximum atomic E-state index is 10.7. The summed E-state index contributed by atoms with van der Waals surface area (Å²) in [5, 5.41) is 9.92. The van der Waals surface area contributed by atoms with Crippen LogP contribution >= 0.6 is 0 Å². The summed E-state index contributed by atoms with van der Waals surface area (Å²) in [5.41, 5.74) is 3.82. The normalized spacial score (nSPS) is 9.88. The first-order valence-corrected chi connectivity index (χ1v) is 5.04. The molecule has 0 unspecified atom stereocenters. The number of hydrazine groups is 1. The Kier molecular flexibility index (Phi) is 4.60. The van der Waals surface area contributed by atoms with E-state index in [-0.39, 0.29) is 0 Å². The lowest BCUT2D eigenvalue weighted by Gasteiger charge is -2.18. The molecule has 2 N–H and O–H groups in total. The van der Waals surface area contributed by atoms with E-state index < -0.39 is 6.09 Å². The molecule has 0 aliphatic carbocycles. The summed E-state index contributed by atoms with van der Waals surface area (Å²) < 4.78 is 5.03. The minimum Gasteiger partial charge on any atom is -0.497 e. The number of ether oxygens (including phenoxy) is 1. The number of nitrogens with one attached hydrogen (secondary N) is 1. The fraction of sp³-hybridized carbons (Fsp3) is 0.364. The molecule has 0 aliphatic rings. The number of carbonyl (C=O) groups is 1. The molecule has 0 saturated carbocycles. The van der Waals surface area contributed by atoms with E-state index in [1.165, 1.54) is 0 Å². The fourth-order valence-corrected chi connectivity index (χ4v) is 1.24. The van der Waals surface area contributed by atoms with Crippen molar-refractivity contribution in [1.29, 1.82) is 0 Å². The molecule has 5 heteroatoms. The average molecular weight is 224 g/mol. The van der Waals surface area contributed by atoms with Gasteiger partial charge in [0.2, 0.25) is 0 Å². The van der Waals surface area contributed by atoms with Crippen LogP contribution in [-0.4, -0.2) is 29.9 Å². The van der Waals surface area contributed by atoms with Gasteiger partial charge in [0.05, 0.1) is 7.11 Å². The summed E-state index contributed by atoms with van der Waals surface area (Å²) >= 11 is 0. The monoisotopic (exact) mass is 224 g/mol. The fourth-order valence-electron chi connectivity index (χ4n) is 1.24. The van der Waals surface area contributed by atoms with Crippen LogP contribution in [0.3, 0.4) is 0 Å². The average Bonchev–Trinajstić information content (AvgIpc) is 2.30. The lowest BCUT2D eigenvalue weighted by atomic mass is 10.2. The minimum atomic E-state index is -0.976. The van der Waals surface area contributed by atoms with Crippen LogP contribution in [-0.2, 0) is 6.54 Å². The van der Waals surface area contributed by atoms with Crippen LogP contribution < -0.4 is 10.2 Å². The number of carboxylic acid groups (broad SMARTS) is 1. The first-order valence-electron chi connectivity index (χ1n) is 5.04. The van der Waals surface area contributed by atoms with Gasteiger partial charge < -0.3 is 9.84 Å². The number of amides is 1. The highest BCUT2D eigenvalue weighted by atomic mass is 16.5. The third kappa shape index (κ3) is 3.43. The Bertz CT molecular complexity index is 338. The number of benzene rings is 1. The smallest absolute Gasteiger partial charge is 0.421 e. The second kappa shape index (κ2) is 5.97. The molecule has 0 radical (unpaired) electrons. The molecule has 0 fully saturated rings. The Balaban J connectivity index is 2.50. The molecule has 0 atom stereocenters. The number of hydrogen-bond donors (Lipinski definition) is 2. The summed E-state index contributed by atoms with van der Waals surface area (Å²) in [4.78, 5) is 10.7. The molecule has 1 rings (SSSR count). The highest BCUT2D eigenvalue weighted by Gasteiger charge is 2.07. The molecule has 1 aromatic carbocycles. The maximum absolute atomic E-state index is 10.7. The largest absolute Gasteiger partial charge is 0.497 e. The first-order chi connectivity index (χ1) is 7.67. The van der Waals surface area contributed by atoms with Crippen molar-refractivity contribution in [2.24, 2.45) is 0 Å². The predicted octanol–water partition coefficient (Wildman–Crippen LogP) is 1.70. The van der Waals surface area contributed by atoms with Gasteiger partial charge in [-0.3, -0.25) is 0 Å². The summed E-state index contributed by atoms with van der Waals surface area (Å²) in [7, 11) is 1.61. The molecule has 0 bridgehead atoms. The van der Waals surface area contributed by atoms with Crippen molar-refractivity contribution in [3.8, 4) is 5.75 Å².